The summed E-state index contributed by atoms with van der Waals surface area (Å²) < 4.78 is 17.8. The van der Waals surface area contributed by atoms with E-state index >= 15 is 0 Å². The monoisotopic (exact) mass is 418 g/mol. The summed E-state index contributed by atoms with van der Waals surface area (Å²) in [5, 5.41) is 8.01. The third kappa shape index (κ3) is 4.32. The first kappa shape index (κ1) is 20.3. The minimum atomic E-state index is -0.673. The lowest BCUT2D eigenvalue weighted by Crippen LogP contribution is -2.06. The van der Waals surface area contributed by atoms with Crippen LogP contribution in [-0.2, 0) is 9.53 Å². The maximum atomic E-state index is 12.3. The van der Waals surface area contributed by atoms with E-state index in [1.54, 1.807) is 13.0 Å². The number of rotatable bonds is 6. The van der Waals surface area contributed by atoms with E-state index in [0.717, 1.165) is 28.3 Å². The Balaban J connectivity index is 1.44. The van der Waals surface area contributed by atoms with Gasteiger partial charge in [0.15, 0.2) is 11.9 Å². The summed E-state index contributed by atoms with van der Waals surface area (Å²) in [5.41, 5.74) is 3.62. The normalized spacial score (nSPS) is 12.4. The third-order valence-corrected chi connectivity index (χ3v) is 4.83. The maximum Gasteiger partial charge on any atom is 0.331 e. The molecule has 4 aromatic rings. The molecule has 0 spiro atoms. The van der Waals surface area contributed by atoms with Crippen LogP contribution in [0, 0.1) is 20.8 Å². The minimum Gasteiger partial charge on any atom is -0.449 e. The van der Waals surface area contributed by atoms with Crippen molar-refractivity contribution in [2.75, 3.05) is 0 Å². The van der Waals surface area contributed by atoms with E-state index in [-0.39, 0.29) is 5.89 Å². The van der Waals surface area contributed by atoms with Crippen LogP contribution >= 0.6 is 0 Å². The summed E-state index contributed by atoms with van der Waals surface area (Å²) in [6, 6.07) is 13.3. The van der Waals surface area contributed by atoms with Gasteiger partial charge in [0.05, 0.1) is 0 Å². The molecule has 0 saturated carbocycles. The van der Waals surface area contributed by atoms with E-state index in [4.69, 9.17) is 13.8 Å². The Morgan fingerprint density at radius 2 is 1.87 bits per heavy atom. The summed E-state index contributed by atoms with van der Waals surface area (Å²) in [5.74, 6) is 1.61. The van der Waals surface area contributed by atoms with Gasteiger partial charge in [-0.3, -0.25) is 4.57 Å². The fourth-order valence-corrected chi connectivity index (χ4v) is 3.29. The van der Waals surface area contributed by atoms with Crippen molar-refractivity contribution in [1.29, 1.82) is 0 Å². The second-order valence-electron chi connectivity index (χ2n) is 7.19. The van der Waals surface area contributed by atoms with Crippen LogP contribution < -0.4 is 0 Å². The Bertz CT molecular complexity index is 1230. The second-order valence-corrected chi connectivity index (χ2v) is 7.19. The zero-order valence-electron chi connectivity index (χ0n) is 17.7. The molecule has 0 aliphatic carbocycles. The number of aromatic nitrogens is 4. The maximum absolute atomic E-state index is 12.3. The van der Waals surface area contributed by atoms with Crippen LogP contribution in [-0.4, -0.2) is 25.8 Å². The van der Waals surface area contributed by atoms with E-state index in [2.05, 4.69) is 15.3 Å². The highest BCUT2D eigenvalue weighted by Gasteiger charge is 2.18. The highest BCUT2D eigenvalue weighted by Crippen LogP contribution is 2.23. The number of hydrogen-bond donors (Lipinski definition) is 0. The van der Waals surface area contributed by atoms with Crippen molar-refractivity contribution in [3.05, 3.63) is 77.1 Å². The summed E-state index contributed by atoms with van der Waals surface area (Å²) in [6.07, 6.45) is 2.42. The number of nitrogens with zero attached hydrogens (tertiary/aromatic N) is 4. The van der Waals surface area contributed by atoms with Crippen LogP contribution in [0.5, 0.6) is 0 Å². The zero-order chi connectivity index (χ0) is 22.0. The number of benzene rings is 1. The third-order valence-electron chi connectivity index (χ3n) is 4.83. The number of carbonyl (C=O) groups excluding carboxylic acids is 1. The SMILES string of the molecule is Cc1cc(-n2c(C)cc(/C=C/C(=O)O[C@@H](C)c3nc(-c4ccccc4)no3)c2C)no1. The van der Waals surface area contributed by atoms with E-state index < -0.39 is 12.1 Å². The van der Waals surface area contributed by atoms with Crippen molar-refractivity contribution in [3.8, 4) is 17.2 Å². The van der Waals surface area contributed by atoms with Crippen molar-refractivity contribution in [3.63, 3.8) is 0 Å². The molecule has 0 aliphatic heterocycles. The summed E-state index contributed by atoms with van der Waals surface area (Å²) >= 11 is 0. The molecule has 0 saturated heterocycles. The molecule has 3 aromatic heterocycles. The van der Waals surface area contributed by atoms with E-state index in [1.165, 1.54) is 6.08 Å². The molecule has 0 amide bonds. The quantitative estimate of drug-likeness (QED) is 0.329. The summed E-state index contributed by atoms with van der Waals surface area (Å²) in [6.45, 7) is 7.45. The number of ether oxygens (including phenoxy) is 1. The van der Waals surface area contributed by atoms with E-state index in [1.807, 2.05) is 67.8 Å². The molecule has 8 heteroatoms. The van der Waals surface area contributed by atoms with Gasteiger partial charge in [-0.05, 0) is 45.4 Å². The average molecular weight is 418 g/mol. The van der Waals surface area contributed by atoms with Gasteiger partial charge in [0, 0.05) is 29.1 Å². The largest absolute Gasteiger partial charge is 0.449 e. The van der Waals surface area contributed by atoms with Crippen LogP contribution in [0.3, 0.4) is 0 Å². The van der Waals surface area contributed by atoms with Crippen LogP contribution in [0.4, 0.5) is 0 Å². The van der Waals surface area contributed by atoms with Gasteiger partial charge in [0.1, 0.15) is 5.76 Å². The van der Waals surface area contributed by atoms with Gasteiger partial charge in [-0.2, -0.15) is 4.98 Å². The molecule has 0 N–H and O–H groups in total. The Morgan fingerprint density at radius 1 is 1.10 bits per heavy atom. The predicted molar refractivity (Wildman–Crippen MR) is 113 cm³/mol. The molecule has 4 rings (SSSR count). The molecule has 0 radical (unpaired) electrons. The fraction of sp³-hybridized carbons (Fsp3) is 0.217. The Kier molecular flexibility index (Phi) is 5.53. The molecule has 31 heavy (non-hydrogen) atoms. The Labute approximate surface area is 179 Å². The molecule has 3 heterocycles. The van der Waals surface area contributed by atoms with Crippen LogP contribution in [0.15, 0.2) is 57.6 Å². The van der Waals surface area contributed by atoms with E-state index in [0.29, 0.717) is 11.6 Å². The van der Waals surface area contributed by atoms with Gasteiger partial charge in [0.25, 0.3) is 5.89 Å². The van der Waals surface area contributed by atoms with Crippen molar-refractivity contribution in [2.45, 2.75) is 33.8 Å². The molecule has 8 nitrogen and oxygen atoms in total. The zero-order valence-corrected chi connectivity index (χ0v) is 17.7. The summed E-state index contributed by atoms with van der Waals surface area (Å²) in [7, 11) is 0. The first-order chi connectivity index (χ1) is 14.9. The highest BCUT2D eigenvalue weighted by atomic mass is 16.6. The van der Waals surface area contributed by atoms with Crippen molar-refractivity contribution in [1.82, 2.24) is 19.9 Å². The molecule has 0 aliphatic rings. The molecule has 0 bridgehead atoms. The van der Waals surface area contributed by atoms with Crippen molar-refractivity contribution in [2.24, 2.45) is 0 Å². The lowest BCUT2D eigenvalue weighted by Gasteiger charge is -2.06. The van der Waals surface area contributed by atoms with Crippen LogP contribution in [0.1, 0.15) is 41.6 Å². The molecule has 1 atom stereocenters. The van der Waals surface area contributed by atoms with Gasteiger partial charge in [0.2, 0.25) is 5.82 Å². The van der Waals surface area contributed by atoms with Gasteiger partial charge in [-0.1, -0.05) is 40.6 Å². The Morgan fingerprint density at radius 3 is 2.58 bits per heavy atom. The minimum absolute atomic E-state index is 0.236. The topological polar surface area (TPSA) is 96.2 Å². The van der Waals surface area contributed by atoms with Crippen molar-refractivity contribution >= 4 is 12.0 Å². The van der Waals surface area contributed by atoms with Crippen LogP contribution in [0.2, 0.25) is 0 Å². The number of carbonyl (C=O) groups is 1. The first-order valence-electron chi connectivity index (χ1n) is 9.82. The average Bonchev–Trinajstić information content (AvgIpc) is 3.47. The molecule has 158 valence electrons. The van der Waals surface area contributed by atoms with Crippen molar-refractivity contribution < 1.29 is 18.6 Å². The molecular formula is C23H22N4O4. The second kappa shape index (κ2) is 8.43. The standard InChI is InChI=1S/C23H22N4O4/c1-14-12-19(16(3)27(14)20-13-15(2)30-25-20)10-11-21(28)29-17(4)23-24-22(26-31-23)18-8-6-5-7-9-18/h5-13,17H,1-4H3/b11-10+/t17-/m0/s1. The Hall–Kier alpha value is -3.94. The van der Waals surface area contributed by atoms with Gasteiger partial charge in [-0.15, -0.1) is 0 Å². The molecular weight excluding hydrogens is 396 g/mol. The number of aryl methyl sites for hydroxylation is 2. The smallest absolute Gasteiger partial charge is 0.331 e. The summed E-state index contributed by atoms with van der Waals surface area (Å²) in [4.78, 5) is 16.6. The molecule has 1 aromatic carbocycles. The van der Waals surface area contributed by atoms with Gasteiger partial charge in [-0.25, -0.2) is 4.79 Å². The fourth-order valence-electron chi connectivity index (χ4n) is 3.29. The van der Waals surface area contributed by atoms with Gasteiger partial charge >= 0.3 is 5.97 Å². The van der Waals surface area contributed by atoms with E-state index in [9.17, 15) is 4.79 Å². The lowest BCUT2D eigenvalue weighted by molar-refractivity contribution is -0.143. The van der Waals surface area contributed by atoms with Crippen LogP contribution in [0.25, 0.3) is 23.3 Å². The molecule has 0 fully saturated rings. The van der Waals surface area contributed by atoms with Gasteiger partial charge < -0.3 is 13.8 Å². The highest BCUT2D eigenvalue weighted by molar-refractivity contribution is 5.87. The number of hydrogen-bond acceptors (Lipinski definition) is 7. The predicted octanol–water partition coefficient (Wildman–Crippen LogP) is 4.76. The lowest BCUT2D eigenvalue weighted by atomic mass is 10.2. The number of esters is 1. The first-order valence-corrected chi connectivity index (χ1v) is 9.82. The molecule has 0 unspecified atom stereocenters.